The number of hydrogen-bond acceptors (Lipinski definition) is 6. The smallest absolute Gasteiger partial charge is 0.336 e. The Balaban J connectivity index is 1.47. The summed E-state index contributed by atoms with van der Waals surface area (Å²) in [5, 5.41) is 4.23. The first kappa shape index (κ1) is 19.9. The van der Waals surface area contributed by atoms with Gasteiger partial charge in [0.05, 0.1) is 12.2 Å². The second-order valence-electron chi connectivity index (χ2n) is 7.90. The van der Waals surface area contributed by atoms with Gasteiger partial charge < -0.3 is 24.1 Å². The van der Waals surface area contributed by atoms with Crippen molar-refractivity contribution in [3.05, 3.63) is 40.2 Å². The molecule has 2 aliphatic heterocycles. The average Bonchev–Trinajstić information content (AvgIpc) is 2.72. The summed E-state index contributed by atoms with van der Waals surface area (Å²) in [6.07, 6.45) is 1.93. The van der Waals surface area contributed by atoms with Gasteiger partial charge in [0.15, 0.2) is 6.10 Å². The van der Waals surface area contributed by atoms with E-state index in [0.29, 0.717) is 31.0 Å². The van der Waals surface area contributed by atoms with Crippen molar-refractivity contribution >= 4 is 16.9 Å². The van der Waals surface area contributed by atoms with E-state index in [1.54, 1.807) is 13.0 Å². The normalized spacial score (nSPS) is 20.0. The van der Waals surface area contributed by atoms with Crippen LogP contribution in [0.5, 0.6) is 5.75 Å². The molecule has 1 aromatic heterocycles. The molecule has 2 fully saturated rings. The maximum absolute atomic E-state index is 13.0. The Bertz CT molecular complexity index is 942. The molecule has 1 amide bonds. The zero-order valence-electron chi connectivity index (χ0n) is 17.0. The van der Waals surface area contributed by atoms with Crippen LogP contribution in [0.2, 0.25) is 0 Å². The zero-order valence-corrected chi connectivity index (χ0v) is 17.0. The molecule has 2 aromatic rings. The second kappa shape index (κ2) is 8.16. The van der Waals surface area contributed by atoms with E-state index in [2.05, 4.69) is 5.32 Å². The maximum Gasteiger partial charge on any atom is 0.336 e. The number of nitrogens with one attached hydrogen (secondary N) is 1. The summed E-state index contributed by atoms with van der Waals surface area (Å²) in [6.45, 7) is 7.32. The Morgan fingerprint density at radius 2 is 2.10 bits per heavy atom. The van der Waals surface area contributed by atoms with E-state index < -0.39 is 6.10 Å². The SMILES string of the molecule is CCc1cc(=O)oc2cc(OC(C)C(=O)N3CCOC4(CCNCC4)C3)ccc12. The molecular weight excluding hydrogens is 372 g/mol. The first-order chi connectivity index (χ1) is 14.0. The summed E-state index contributed by atoms with van der Waals surface area (Å²) in [5.41, 5.74) is 0.803. The molecule has 0 aliphatic carbocycles. The number of rotatable bonds is 4. The van der Waals surface area contributed by atoms with Crippen LogP contribution in [0.3, 0.4) is 0 Å². The third kappa shape index (κ3) is 4.16. The third-order valence-electron chi connectivity index (χ3n) is 5.92. The monoisotopic (exact) mass is 400 g/mol. The topological polar surface area (TPSA) is 81.0 Å². The van der Waals surface area contributed by atoms with E-state index in [1.165, 1.54) is 6.07 Å². The van der Waals surface area contributed by atoms with Crippen molar-refractivity contribution in [1.82, 2.24) is 10.2 Å². The zero-order chi connectivity index (χ0) is 20.4. The number of aryl methyl sites for hydroxylation is 1. The molecule has 2 aliphatic rings. The quantitative estimate of drug-likeness (QED) is 0.792. The molecule has 0 saturated carbocycles. The highest BCUT2D eigenvalue weighted by Crippen LogP contribution is 2.28. The number of hydrogen-bond donors (Lipinski definition) is 1. The molecule has 2 saturated heterocycles. The van der Waals surface area contributed by atoms with Gasteiger partial charge in [-0.3, -0.25) is 4.79 Å². The number of carbonyl (C=O) groups excluding carboxylic acids is 1. The summed E-state index contributed by atoms with van der Waals surface area (Å²) in [5.74, 6) is 0.467. The predicted molar refractivity (Wildman–Crippen MR) is 109 cm³/mol. The summed E-state index contributed by atoms with van der Waals surface area (Å²) < 4.78 is 17.3. The van der Waals surface area contributed by atoms with E-state index in [0.717, 1.165) is 43.3 Å². The van der Waals surface area contributed by atoms with E-state index >= 15 is 0 Å². The molecule has 7 nitrogen and oxygen atoms in total. The minimum absolute atomic E-state index is 0.0462. The highest BCUT2D eigenvalue weighted by atomic mass is 16.5. The standard InChI is InChI=1S/C22H28N2O5/c1-3-16-12-20(25)29-19-13-17(4-5-18(16)19)28-15(2)21(26)24-10-11-27-22(14-24)6-8-23-9-7-22/h4-5,12-13,15,23H,3,6-11,14H2,1-2H3. The maximum atomic E-state index is 13.0. The molecule has 156 valence electrons. The van der Waals surface area contributed by atoms with Crippen LogP contribution in [0.1, 0.15) is 32.3 Å². The summed E-state index contributed by atoms with van der Waals surface area (Å²) in [4.78, 5) is 26.6. The number of nitrogens with zero attached hydrogens (tertiary/aromatic N) is 1. The van der Waals surface area contributed by atoms with Crippen LogP contribution in [0.4, 0.5) is 0 Å². The Labute approximate surface area is 170 Å². The lowest BCUT2D eigenvalue weighted by molar-refractivity contribution is -0.160. The average molecular weight is 400 g/mol. The van der Waals surface area contributed by atoms with Crippen molar-refractivity contribution in [2.75, 3.05) is 32.8 Å². The van der Waals surface area contributed by atoms with Crippen LogP contribution >= 0.6 is 0 Å². The fourth-order valence-corrected chi connectivity index (χ4v) is 4.31. The van der Waals surface area contributed by atoms with Crippen LogP contribution in [0, 0.1) is 0 Å². The molecule has 4 rings (SSSR count). The van der Waals surface area contributed by atoms with Crippen molar-refractivity contribution in [2.45, 2.75) is 44.8 Å². The molecule has 3 heterocycles. The number of fused-ring (bicyclic) bond motifs is 1. The summed E-state index contributed by atoms with van der Waals surface area (Å²) in [7, 11) is 0. The number of carbonyl (C=O) groups is 1. The van der Waals surface area contributed by atoms with Gasteiger partial charge in [0, 0.05) is 30.6 Å². The van der Waals surface area contributed by atoms with Crippen LogP contribution in [0.25, 0.3) is 11.0 Å². The Hall–Kier alpha value is -2.38. The van der Waals surface area contributed by atoms with E-state index in [-0.39, 0.29) is 17.1 Å². The van der Waals surface area contributed by atoms with Crippen molar-refractivity contribution < 1.29 is 18.7 Å². The van der Waals surface area contributed by atoms with E-state index in [1.807, 2.05) is 24.0 Å². The van der Waals surface area contributed by atoms with Crippen molar-refractivity contribution in [1.29, 1.82) is 0 Å². The predicted octanol–water partition coefficient (Wildman–Crippen LogP) is 2.10. The lowest BCUT2D eigenvalue weighted by atomic mass is 9.90. The molecule has 7 heteroatoms. The van der Waals surface area contributed by atoms with Crippen LogP contribution in [-0.2, 0) is 16.0 Å². The first-order valence-corrected chi connectivity index (χ1v) is 10.4. The number of benzene rings is 1. The second-order valence-corrected chi connectivity index (χ2v) is 7.90. The van der Waals surface area contributed by atoms with Gasteiger partial charge >= 0.3 is 5.63 Å². The number of amides is 1. The van der Waals surface area contributed by atoms with Gasteiger partial charge in [0.25, 0.3) is 5.91 Å². The molecule has 1 aromatic carbocycles. The van der Waals surface area contributed by atoms with Gasteiger partial charge in [0.1, 0.15) is 11.3 Å². The Morgan fingerprint density at radius 3 is 2.86 bits per heavy atom. The summed E-state index contributed by atoms with van der Waals surface area (Å²) in [6, 6.07) is 6.90. The number of ether oxygens (including phenoxy) is 2. The highest BCUT2D eigenvalue weighted by Gasteiger charge is 2.40. The highest BCUT2D eigenvalue weighted by molar-refractivity contribution is 5.83. The van der Waals surface area contributed by atoms with Crippen molar-refractivity contribution in [3.8, 4) is 5.75 Å². The third-order valence-corrected chi connectivity index (χ3v) is 5.92. The van der Waals surface area contributed by atoms with Gasteiger partial charge in [-0.2, -0.15) is 0 Å². The van der Waals surface area contributed by atoms with Gasteiger partial charge in [-0.25, -0.2) is 4.79 Å². The van der Waals surface area contributed by atoms with Crippen LogP contribution in [-0.4, -0.2) is 55.3 Å². The van der Waals surface area contributed by atoms with Crippen LogP contribution < -0.4 is 15.7 Å². The lowest BCUT2D eigenvalue weighted by Crippen LogP contribution is -2.59. The van der Waals surface area contributed by atoms with E-state index in [9.17, 15) is 9.59 Å². The Kier molecular flexibility index (Phi) is 5.61. The van der Waals surface area contributed by atoms with Crippen LogP contribution in [0.15, 0.2) is 33.5 Å². The molecule has 29 heavy (non-hydrogen) atoms. The molecule has 1 spiro atoms. The largest absolute Gasteiger partial charge is 0.481 e. The molecular formula is C22H28N2O5. The minimum atomic E-state index is -0.634. The molecule has 1 atom stereocenters. The number of morpholine rings is 1. The van der Waals surface area contributed by atoms with Gasteiger partial charge in [-0.1, -0.05) is 6.92 Å². The first-order valence-electron chi connectivity index (χ1n) is 10.4. The molecule has 1 N–H and O–H groups in total. The van der Waals surface area contributed by atoms with Gasteiger partial charge in [-0.05, 0) is 57.0 Å². The molecule has 1 unspecified atom stereocenters. The number of piperidine rings is 1. The van der Waals surface area contributed by atoms with Gasteiger partial charge in [0.2, 0.25) is 0 Å². The lowest BCUT2D eigenvalue weighted by Gasteiger charge is -2.45. The fourth-order valence-electron chi connectivity index (χ4n) is 4.31. The minimum Gasteiger partial charge on any atom is -0.481 e. The molecule has 0 radical (unpaired) electrons. The fraction of sp³-hybridized carbons (Fsp3) is 0.545. The molecule has 0 bridgehead atoms. The van der Waals surface area contributed by atoms with E-state index in [4.69, 9.17) is 13.9 Å². The van der Waals surface area contributed by atoms with Gasteiger partial charge in [-0.15, -0.1) is 0 Å². The Morgan fingerprint density at radius 1 is 1.31 bits per heavy atom. The van der Waals surface area contributed by atoms with Crippen molar-refractivity contribution in [2.24, 2.45) is 0 Å². The summed E-state index contributed by atoms with van der Waals surface area (Å²) >= 11 is 0. The van der Waals surface area contributed by atoms with Crippen molar-refractivity contribution in [3.63, 3.8) is 0 Å².